The van der Waals surface area contributed by atoms with Gasteiger partial charge in [0.15, 0.2) is 5.65 Å². The highest BCUT2D eigenvalue weighted by molar-refractivity contribution is 5.92. The number of benzene rings is 1. The number of rotatable bonds is 9. The summed E-state index contributed by atoms with van der Waals surface area (Å²) in [5.41, 5.74) is 5.44. The molecule has 3 aromatic rings. The zero-order valence-electron chi connectivity index (χ0n) is 18.6. The molecule has 0 spiro atoms. The van der Waals surface area contributed by atoms with Crippen LogP contribution in [0.3, 0.4) is 0 Å². The van der Waals surface area contributed by atoms with E-state index in [0.29, 0.717) is 6.04 Å². The van der Waals surface area contributed by atoms with E-state index in [4.69, 9.17) is 9.72 Å². The summed E-state index contributed by atoms with van der Waals surface area (Å²) in [6.45, 7) is 10.1. The first kappa shape index (κ1) is 20.8. The fraction of sp³-hybridized carbons (Fsp3) is 0.500. The molecular formula is C24H33N5O. The summed E-state index contributed by atoms with van der Waals surface area (Å²) in [6, 6.07) is 11.5. The number of pyridine rings is 1. The fourth-order valence-electron chi connectivity index (χ4n) is 3.85. The van der Waals surface area contributed by atoms with Crippen molar-refractivity contribution in [2.75, 3.05) is 32.1 Å². The van der Waals surface area contributed by atoms with Crippen molar-refractivity contribution in [2.24, 2.45) is 0 Å². The van der Waals surface area contributed by atoms with Gasteiger partial charge in [-0.05, 0) is 51.6 Å². The van der Waals surface area contributed by atoms with E-state index in [9.17, 15) is 0 Å². The number of fused-ring (bicyclic) bond motifs is 1. The smallest absolute Gasteiger partial charge is 0.160 e. The van der Waals surface area contributed by atoms with Gasteiger partial charge in [0, 0.05) is 23.8 Å². The Morgan fingerprint density at radius 3 is 2.80 bits per heavy atom. The maximum atomic E-state index is 5.35. The topological polar surface area (TPSA) is 55.2 Å². The third-order valence-electron chi connectivity index (χ3n) is 5.62. The molecule has 1 aromatic carbocycles. The van der Waals surface area contributed by atoms with Gasteiger partial charge in [0.25, 0.3) is 0 Å². The Kier molecular flexibility index (Phi) is 6.35. The Bertz CT molecular complexity index is 992. The molecule has 1 aliphatic rings. The first-order valence-corrected chi connectivity index (χ1v) is 11.1. The Hall–Kier alpha value is -2.44. The van der Waals surface area contributed by atoms with Crippen LogP contribution in [0.15, 0.2) is 36.5 Å². The van der Waals surface area contributed by atoms with Gasteiger partial charge in [0.2, 0.25) is 0 Å². The minimum Gasteiger partial charge on any atom is -0.377 e. The van der Waals surface area contributed by atoms with Crippen LogP contribution in [-0.4, -0.2) is 52.5 Å². The molecule has 6 nitrogen and oxygen atoms in total. The molecular weight excluding hydrogens is 374 g/mol. The number of unbranched alkanes of at least 4 members (excludes halogenated alkanes) is 1. The summed E-state index contributed by atoms with van der Waals surface area (Å²) in [4.78, 5) is 7.41. The van der Waals surface area contributed by atoms with E-state index in [1.54, 1.807) is 0 Å². The van der Waals surface area contributed by atoms with Crippen molar-refractivity contribution in [2.45, 2.75) is 52.2 Å². The SMILES string of the molecule is CCCCN(C)Cc1cccc(-c2cc(NC3COC3)c3cnn(C(C)C)c3n2)c1. The maximum Gasteiger partial charge on any atom is 0.160 e. The molecule has 1 saturated heterocycles. The lowest BCUT2D eigenvalue weighted by atomic mass is 10.1. The molecule has 6 heteroatoms. The quantitative estimate of drug-likeness (QED) is 0.556. The van der Waals surface area contributed by atoms with Crippen molar-refractivity contribution >= 4 is 16.7 Å². The van der Waals surface area contributed by atoms with Crippen LogP contribution in [0.25, 0.3) is 22.3 Å². The lowest BCUT2D eigenvalue weighted by Gasteiger charge is -2.28. The van der Waals surface area contributed by atoms with Gasteiger partial charge in [-0.25, -0.2) is 9.67 Å². The Balaban J connectivity index is 1.69. The average Bonchev–Trinajstić information content (AvgIpc) is 3.13. The predicted octanol–water partition coefficient (Wildman–Crippen LogP) is 4.72. The van der Waals surface area contributed by atoms with Gasteiger partial charge in [-0.3, -0.25) is 0 Å². The minimum atomic E-state index is 0.253. The number of ether oxygens (including phenoxy) is 1. The number of aromatic nitrogens is 3. The molecule has 0 aliphatic carbocycles. The third kappa shape index (κ3) is 4.50. The zero-order valence-corrected chi connectivity index (χ0v) is 18.6. The van der Waals surface area contributed by atoms with E-state index < -0.39 is 0 Å². The van der Waals surface area contributed by atoms with Crippen molar-refractivity contribution in [1.29, 1.82) is 0 Å². The second-order valence-electron chi connectivity index (χ2n) is 8.65. The van der Waals surface area contributed by atoms with E-state index in [-0.39, 0.29) is 6.04 Å². The van der Waals surface area contributed by atoms with E-state index in [1.807, 2.05) is 10.9 Å². The van der Waals surface area contributed by atoms with Crippen LogP contribution in [0.5, 0.6) is 0 Å². The van der Waals surface area contributed by atoms with Crippen molar-refractivity contribution in [3.63, 3.8) is 0 Å². The number of hydrogen-bond donors (Lipinski definition) is 1. The van der Waals surface area contributed by atoms with Gasteiger partial charge in [0.05, 0.1) is 36.5 Å². The summed E-state index contributed by atoms with van der Waals surface area (Å²) in [7, 11) is 2.19. The van der Waals surface area contributed by atoms with E-state index in [1.165, 1.54) is 18.4 Å². The van der Waals surface area contributed by atoms with Crippen LogP contribution < -0.4 is 5.32 Å². The Labute approximate surface area is 179 Å². The largest absolute Gasteiger partial charge is 0.377 e. The van der Waals surface area contributed by atoms with Gasteiger partial charge in [0.1, 0.15) is 0 Å². The van der Waals surface area contributed by atoms with E-state index >= 15 is 0 Å². The second-order valence-corrected chi connectivity index (χ2v) is 8.65. The summed E-state index contributed by atoms with van der Waals surface area (Å²) in [5.74, 6) is 0. The highest BCUT2D eigenvalue weighted by atomic mass is 16.5. The van der Waals surface area contributed by atoms with Crippen LogP contribution in [-0.2, 0) is 11.3 Å². The van der Waals surface area contributed by atoms with Crippen LogP contribution in [0.2, 0.25) is 0 Å². The molecule has 0 unspecified atom stereocenters. The summed E-state index contributed by atoms with van der Waals surface area (Å²) < 4.78 is 7.36. The molecule has 0 atom stereocenters. The van der Waals surface area contributed by atoms with Crippen molar-refractivity contribution in [1.82, 2.24) is 19.7 Å². The molecule has 0 amide bonds. The summed E-state index contributed by atoms with van der Waals surface area (Å²) >= 11 is 0. The van der Waals surface area contributed by atoms with Gasteiger partial charge < -0.3 is 15.0 Å². The first-order valence-electron chi connectivity index (χ1n) is 11.1. The average molecular weight is 408 g/mol. The van der Waals surface area contributed by atoms with Crippen molar-refractivity contribution < 1.29 is 4.74 Å². The maximum absolute atomic E-state index is 5.35. The molecule has 1 N–H and O–H groups in total. The molecule has 0 radical (unpaired) electrons. The highest BCUT2D eigenvalue weighted by Crippen LogP contribution is 2.31. The zero-order chi connectivity index (χ0) is 21.1. The van der Waals surface area contributed by atoms with Crippen molar-refractivity contribution in [3.8, 4) is 11.3 Å². The van der Waals surface area contributed by atoms with E-state index in [2.05, 4.69) is 73.5 Å². The van der Waals surface area contributed by atoms with E-state index in [0.717, 1.165) is 54.3 Å². The predicted molar refractivity (Wildman–Crippen MR) is 123 cm³/mol. The number of nitrogens with zero attached hydrogens (tertiary/aromatic N) is 4. The normalized spacial score (nSPS) is 14.6. The lowest BCUT2D eigenvalue weighted by Crippen LogP contribution is -2.40. The minimum absolute atomic E-state index is 0.253. The van der Waals surface area contributed by atoms with Crippen LogP contribution >= 0.6 is 0 Å². The molecule has 30 heavy (non-hydrogen) atoms. The van der Waals surface area contributed by atoms with Crippen LogP contribution in [0.4, 0.5) is 5.69 Å². The molecule has 0 bridgehead atoms. The third-order valence-corrected chi connectivity index (χ3v) is 5.62. The Morgan fingerprint density at radius 2 is 2.10 bits per heavy atom. The number of nitrogens with one attached hydrogen (secondary N) is 1. The molecule has 3 heterocycles. The van der Waals surface area contributed by atoms with Gasteiger partial charge in [-0.2, -0.15) is 5.10 Å². The summed E-state index contributed by atoms with van der Waals surface area (Å²) in [5, 5.41) is 9.29. The number of anilines is 1. The van der Waals surface area contributed by atoms with Crippen LogP contribution in [0.1, 0.15) is 45.2 Å². The second kappa shape index (κ2) is 9.14. The summed E-state index contributed by atoms with van der Waals surface area (Å²) in [6.07, 6.45) is 4.38. The monoisotopic (exact) mass is 407 g/mol. The molecule has 4 rings (SSSR count). The van der Waals surface area contributed by atoms with Gasteiger partial charge >= 0.3 is 0 Å². The van der Waals surface area contributed by atoms with Crippen LogP contribution in [0, 0.1) is 0 Å². The fourth-order valence-corrected chi connectivity index (χ4v) is 3.85. The highest BCUT2D eigenvalue weighted by Gasteiger charge is 2.21. The number of hydrogen-bond acceptors (Lipinski definition) is 5. The van der Waals surface area contributed by atoms with Crippen molar-refractivity contribution in [3.05, 3.63) is 42.1 Å². The molecule has 160 valence electrons. The van der Waals surface area contributed by atoms with Gasteiger partial charge in [-0.15, -0.1) is 0 Å². The molecule has 2 aromatic heterocycles. The Morgan fingerprint density at radius 1 is 1.27 bits per heavy atom. The lowest BCUT2D eigenvalue weighted by molar-refractivity contribution is 0.0211. The molecule has 0 saturated carbocycles. The molecule has 1 aliphatic heterocycles. The standard InChI is InChI=1S/C24H33N5O/c1-5-6-10-28(4)14-18-8-7-9-19(11-18)22-12-23(26-20-15-30-16-20)21-13-25-29(17(2)3)24(21)27-22/h7-9,11-13,17,20H,5-6,10,14-16H2,1-4H3,(H,26,27). The molecule has 1 fully saturated rings. The van der Waals surface area contributed by atoms with Gasteiger partial charge in [-0.1, -0.05) is 31.5 Å². The first-order chi connectivity index (χ1) is 14.5.